The number of rotatable bonds is 9. The maximum absolute atomic E-state index is 12.7. The summed E-state index contributed by atoms with van der Waals surface area (Å²) in [6, 6.07) is 19.3. The zero-order valence-corrected chi connectivity index (χ0v) is 23.9. The molecule has 2 aromatic heterocycles. The molecule has 1 saturated heterocycles. The van der Waals surface area contributed by atoms with Gasteiger partial charge in [-0.2, -0.15) is 0 Å². The summed E-state index contributed by atoms with van der Waals surface area (Å²) in [5, 5.41) is 3.98. The van der Waals surface area contributed by atoms with Crippen molar-refractivity contribution in [3.05, 3.63) is 100 Å². The zero-order valence-electron chi connectivity index (χ0n) is 22.3. The van der Waals surface area contributed by atoms with E-state index >= 15 is 0 Å². The lowest BCUT2D eigenvalue weighted by atomic mass is 10.1. The Morgan fingerprint density at radius 1 is 0.927 bits per heavy atom. The van der Waals surface area contributed by atoms with E-state index in [9.17, 15) is 4.79 Å². The van der Waals surface area contributed by atoms with Crippen LogP contribution in [0.2, 0.25) is 5.15 Å². The quantitative estimate of drug-likeness (QED) is 0.168. The van der Waals surface area contributed by atoms with Gasteiger partial charge in [-0.25, -0.2) is 9.97 Å². The van der Waals surface area contributed by atoms with Gasteiger partial charge in [0.2, 0.25) is 6.79 Å². The molecule has 210 valence electrons. The van der Waals surface area contributed by atoms with E-state index in [1.165, 1.54) is 17.3 Å². The molecule has 0 spiro atoms. The Morgan fingerprint density at radius 3 is 2.63 bits per heavy atom. The maximum Gasteiger partial charge on any atom is 0.251 e. The second-order valence-electron chi connectivity index (χ2n) is 9.82. The van der Waals surface area contributed by atoms with E-state index in [1.807, 2.05) is 48.5 Å². The molecule has 4 heterocycles. The molecule has 0 atom stereocenters. The summed E-state index contributed by atoms with van der Waals surface area (Å²) in [7, 11) is 0. The predicted molar refractivity (Wildman–Crippen MR) is 159 cm³/mol. The average molecular weight is 589 g/mol. The highest BCUT2D eigenvalue weighted by molar-refractivity contribution is 7.98. The van der Waals surface area contributed by atoms with Crippen LogP contribution < -0.4 is 19.7 Å². The molecule has 0 unspecified atom stereocenters. The first-order chi connectivity index (χ1) is 20.1. The van der Waals surface area contributed by atoms with Crippen LogP contribution in [0.25, 0.3) is 0 Å². The molecule has 41 heavy (non-hydrogen) atoms. The largest absolute Gasteiger partial charge is 0.454 e. The minimum Gasteiger partial charge on any atom is -0.454 e. The van der Waals surface area contributed by atoms with Gasteiger partial charge in [-0.3, -0.25) is 14.7 Å². The van der Waals surface area contributed by atoms with Gasteiger partial charge in [0.15, 0.2) is 16.7 Å². The highest BCUT2D eigenvalue weighted by Crippen LogP contribution is 2.33. The minimum atomic E-state index is -0.125. The predicted octanol–water partition coefficient (Wildman–Crippen LogP) is 4.80. The van der Waals surface area contributed by atoms with E-state index in [0.717, 1.165) is 61.2 Å². The average Bonchev–Trinajstić information content (AvgIpc) is 3.48. The molecule has 1 amide bonds. The third kappa shape index (κ3) is 7.08. The highest BCUT2D eigenvalue weighted by atomic mass is 35.5. The second-order valence-corrected chi connectivity index (χ2v) is 11.1. The number of thioether (sulfide) groups is 1. The van der Waals surface area contributed by atoms with Crippen molar-refractivity contribution in [2.75, 3.05) is 37.9 Å². The summed E-state index contributed by atoms with van der Waals surface area (Å²) in [6.07, 6.45) is 3.46. The van der Waals surface area contributed by atoms with Gasteiger partial charge in [0.25, 0.3) is 5.91 Å². The van der Waals surface area contributed by atoms with Gasteiger partial charge in [-0.05, 0) is 47.0 Å². The van der Waals surface area contributed by atoms with Crippen LogP contribution in [0, 0.1) is 0 Å². The minimum absolute atomic E-state index is 0.125. The Labute approximate surface area is 247 Å². The summed E-state index contributed by atoms with van der Waals surface area (Å²) >= 11 is 7.91. The molecule has 2 aliphatic heterocycles. The number of carbonyl (C=O) groups is 1. The van der Waals surface area contributed by atoms with Gasteiger partial charge < -0.3 is 19.7 Å². The molecule has 6 rings (SSSR count). The van der Waals surface area contributed by atoms with Crippen LogP contribution >= 0.6 is 23.4 Å². The summed E-state index contributed by atoms with van der Waals surface area (Å²) in [5.41, 5.74) is 3.78. The summed E-state index contributed by atoms with van der Waals surface area (Å²) in [6.45, 7) is 5.09. The smallest absolute Gasteiger partial charge is 0.251 e. The first-order valence-electron chi connectivity index (χ1n) is 13.4. The molecular formula is C30H29ClN6O3S. The Morgan fingerprint density at radius 2 is 1.78 bits per heavy atom. The standard InChI is InChI=1S/C30H29ClN6O3S/c31-27-15-28(37-11-9-36(10-12-37)18-21-6-7-25-26(14-21)40-20-39-25)35-30(34-27)41-19-22-3-1-5-24(13-22)29(38)33-17-23-4-2-8-32-16-23/h1-8,13-16H,9-12,17-20H2,(H,33,38). The summed E-state index contributed by atoms with van der Waals surface area (Å²) in [5.74, 6) is 2.95. The van der Waals surface area contributed by atoms with E-state index in [0.29, 0.717) is 28.2 Å². The summed E-state index contributed by atoms with van der Waals surface area (Å²) in [4.78, 5) is 30.7. The van der Waals surface area contributed by atoms with Crippen molar-refractivity contribution in [3.63, 3.8) is 0 Å². The van der Waals surface area contributed by atoms with Gasteiger partial charge >= 0.3 is 0 Å². The fourth-order valence-electron chi connectivity index (χ4n) is 4.78. The van der Waals surface area contributed by atoms with Gasteiger partial charge in [0.1, 0.15) is 11.0 Å². The first kappa shape index (κ1) is 27.3. The second kappa shape index (κ2) is 12.8. The Hall–Kier alpha value is -3.86. The zero-order chi connectivity index (χ0) is 28.0. The van der Waals surface area contributed by atoms with Crippen molar-refractivity contribution in [1.29, 1.82) is 0 Å². The van der Waals surface area contributed by atoms with E-state index in [2.05, 4.69) is 37.2 Å². The van der Waals surface area contributed by atoms with E-state index in [4.69, 9.17) is 26.1 Å². The van der Waals surface area contributed by atoms with Crippen molar-refractivity contribution in [2.24, 2.45) is 0 Å². The number of piperazine rings is 1. The molecule has 0 aliphatic carbocycles. The lowest BCUT2D eigenvalue weighted by Crippen LogP contribution is -2.46. The molecule has 0 radical (unpaired) electrons. The summed E-state index contributed by atoms with van der Waals surface area (Å²) < 4.78 is 10.9. The van der Waals surface area contributed by atoms with E-state index in [1.54, 1.807) is 12.4 Å². The number of halogens is 1. The number of nitrogens with one attached hydrogen (secondary N) is 1. The molecule has 11 heteroatoms. The number of hydrogen-bond donors (Lipinski definition) is 1. The lowest BCUT2D eigenvalue weighted by molar-refractivity contribution is 0.0950. The number of ether oxygens (including phenoxy) is 2. The third-order valence-corrected chi connectivity index (χ3v) is 8.05. The number of hydrogen-bond acceptors (Lipinski definition) is 9. The highest BCUT2D eigenvalue weighted by Gasteiger charge is 2.21. The normalized spacial score (nSPS) is 14.7. The molecule has 2 aromatic carbocycles. The third-order valence-electron chi connectivity index (χ3n) is 6.93. The molecule has 0 saturated carbocycles. The number of benzene rings is 2. The molecule has 1 N–H and O–H groups in total. The molecule has 1 fully saturated rings. The number of amides is 1. The van der Waals surface area contributed by atoms with Crippen molar-refractivity contribution < 1.29 is 14.3 Å². The van der Waals surface area contributed by atoms with Crippen LogP contribution in [-0.4, -0.2) is 58.7 Å². The Balaban J connectivity index is 1.02. The monoisotopic (exact) mass is 588 g/mol. The fourth-order valence-corrected chi connectivity index (χ4v) is 5.81. The number of nitrogens with zero attached hydrogens (tertiary/aromatic N) is 5. The number of pyridine rings is 1. The van der Waals surface area contributed by atoms with Gasteiger partial charge in [0, 0.05) is 69.0 Å². The van der Waals surface area contributed by atoms with E-state index < -0.39 is 0 Å². The maximum atomic E-state index is 12.7. The Bertz CT molecular complexity index is 1520. The van der Waals surface area contributed by atoms with Crippen molar-refractivity contribution in [3.8, 4) is 11.5 Å². The van der Waals surface area contributed by atoms with Crippen LogP contribution in [0.5, 0.6) is 11.5 Å². The van der Waals surface area contributed by atoms with E-state index in [-0.39, 0.29) is 12.7 Å². The number of fused-ring (bicyclic) bond motifs is 1. The van der Waals surface area contributed by atoms with Crippen LogP contribution in [-0.2, 0) is 18.8 Å². The molecule has 2 aliphatic rings. The van der Waals surface area contributed by atoms with Gasteiger partial charge in [-0.15, -0.1) is 0 Å². The molecule has 0 bridgehead atoms. The van der Waals surface area contributed by atoms with Gasteiger partial charge in [-0.1, -0.05) is 47.6 Å². The molecule has 9 nitrogen and oxygen atoms in total. The van der Waals surface area contributed by atoms with Gasteiger partial charge in [0.05, 0.1) is 0 Å². The fraction of sp³-hybridized carbons (Fsp3) is 0.267. The molecular weight excluding hydrogens is 560 g/mol. The van der Waals surface area contributed by atoms with Crippen molar-refractivity contribution in [1.82, 2.24) is 25.2 Å². The van der Waals surface area contributed by atoms with Crippen molar-refractivity contribution >= 4 is 35.1 Å². The Kier molecular flexibility index (Phi) is 8.50. The van der Waals surface area contributed by atoms with Crippen LogP contribution in [0.1, 0.15) is 27.0 Å². The SMILES string of the molecule is O=C(NCc1cccnc1)c1cccc(CSc2nc(Cl)cc(N3CCN(Cc4ccc5c(c4)OCO5)CC3)n2)c1. The van der Waals surface area contributed by atoms with Crippen LogP contribution in [0.4, 0.5) is 5.82 Å². The molecule has 4 aromatic rings. The first-order valence-corrected chi connectivity index (χ1v) is 14.7. The van der Waals surface area contributed by atoms with Crippen molar-refractivity contribution in [2.45, 2.75) is 24.0 Å². The number of carbonyl (C=O) groups excluding carboxylic acids is 1. The lowest BCUT2D eigenvalue weighted by Gasteiger charge is -2.35. The number of anilines is 1. The van der Waals surface area contributed by atoms with Crippen LogP contribution in [0.3, 0.4) is 0 Å². The topological polar surface area (TPSA) is 92.7 Å². The van der Waals surface area contributed by atoms with Crippen LogP contribution in [0.15, 0.2) is 78.2 Å². The number of aromatic nitrogens is 3.